The van der Waals surface area contributed by atoms with E-state index in [4.69, 9.17) is 9.79 Å². The summed E-state index contributed by atoms with van der Waals surface area (Å²) in [6.07, 6.45) is 2.08. The van der Waals surface area contributed by atoms with Crippen molar-refractivity contribution >= 4 is 13.7 Å². The summed E-state index contributed by atoms with van der Waals surface area (Å²) in [6, 6.07) is 0. The zero-order valence-corrected chi connectivity index (χ0v) is 8.90. The molecule has 0 spiro atoms. The van der Waals surface area contributed by atoms with Crippen LogP contribution >= 0.6 is 7.82 Å². The van der Waals surface area contributed by atoms with Crippen LogP contribution in [0.25, 0.3) is 0 Å². The fraction of sp³-hybridized carbons (Fsp3) is 0.286. The number of phosphoric ester groups is 1. The van der Waals surface area contributed by atoms with Crippen molar-refractivity contribution in [1.82, 2.24) is 0 Å². The molecule has 0 atom stereocenters. The molecule has 1 amide bonds. The third-order valence-corrected chi connectivity index (χ3v) is 1.01. The van der Waals surface area contributed by atoms with Crippen molar-refractivity contribution in [1.29, 1.82) is 0 Å². The van der Waals surface area contributed by atoms with Gasteiger partial charge in [-0.05, 0) is 25.5 Å². The van der Waals surface area contributed by atoms with E-state index in [9.17, 15) is 9.36 Å². The lowest BCUT2D eigenvalue weighted by Gasteiger charge is -1.99. The molecular weight excluding hydrogens is 209 g/mol. The molecule has 0 saturated heterocycles. The van der Waals surface area contributed by atoms with Gasteiger partial charge in [0.1, 0.15) is 0 Å². The fourth-order valence-electron chi connectivity index (χ4n) is 0.174. The Morgan fingerprint density at radius 1 is 1.50 bits per heavy atom. The lowest BCUT2D eigenvalue weighted by Crippen LogP contribution is -2.04. The molecule has 4 N–H and O–H groups in total. The van der Waals surface area contributed by atoms with Crippen LogP contribution in [0.15, 0.2) is 24.5 Å². The van der Waals surface area contributed by atoms with E-state index in [0.717, 1.165) is 12.3 Å². The molecule has 0 aromatic rings. The molecule has 0 saturated carbocycles. The van der Waals surface area contributed by atoms with Crippen molar-refractivity contribution in [3.63, 3.8) is 0 Å². The second kappa shape index (κ2) is 7.32. The summed E-state index contributed by atoms with van der Waals surface area (Å²) in [5.74, 6) is -0.481. The number of nitrogens with two attached hydrogens (primary N) is 1. The third kappa shape index (κ3) is 22.4. The maximum atomic E-state index is 9.96. The van der Waals surface area contributed by atoms with Gasteiger partial charge in [0.05, 0.1) is 6.26 Å². The van der Waals surface area contributed by atoms with Crippen LogP contribution in [-0.4, -0.2) is 15.7 Å². The summed E-state index contributed by atoms with van der Waals surface area (Å²) < 4.78 is 14.0. The summed E-state index contributed by atoms with van der Waals surface area (Å²) in [6.45, 7) is 6.44. The number of hydrogen-bond acceptors (Lipinski definition) is 3. The van der Waals surface area contributed by atoms with E-state index >= 15 is 0 Å². The zero-order valence-electron chi connectivity index (χ0n) is 8.01. The molecule has 7 heteroatoms. The minimum absolute atomic E-state index is 0.481. The summed E-state index contributed by atoms with van der Waals surface area (Å²) in [4.78, 5) is 25.7. The monoisotopic (exact) mass is 223 g/mol. The summed E-state index contributed by atoms with van der Waals surface area (Å²) in [5, 5.41) is 0. The molecule has 82 valence electrons. The highest BCUT2D eigenvalue weighted by atomic mass is 31.2. The quantitative estimate of drug-likeness (QED) is 0.370. The van der Waals surface area contributed by atoms with Gasteiger partial charge in [0.25, 0.3) is 0 Å². The smallest absolute Gasteiger partial charge is 0.412 e. The van der Waals surface area contributed by atoms with Gasteiger partial charge in [-0.1, -0.05) is 6.58 Å². The first-order valence-electron chi connectivity index (χ1n) is 3.48. The number of primary amides is 1. The van der Waals surface area contributed by atoms with Crippen molar-refractivity contribution in [3.05, 3.63) is 24.5 Å². The van der Waals surface area contributed by atoms with Gasteiger partial charge in [-0.15, -0.1) is 0 Å². The molecule has 0 aliphatic rings. The maximum Gasteiger partial charge on any atom is 0.524 e. The van der Waals surface area contributed by atoms with Crippen LogP contribution in [0.5, 0.6) is 0 Å². The Hall–Kier alpha value is -1.10. The minimum Gasteiger partial charge on any atom is -0.412 e. The first-order chi connectivity index (χ1) is 6.19. The second-order valence-corrected chi connectivity index (χ2v) is 3.59. The van der Waals surface area contributed by atoms with Crippen LogP contribution in [0, 0.1) is 0 Å². The predicted octanol–water partition coefficient (Wildman–Crippen LogP) is 0.677. The highest BCUT2D eigenvalue weighted by Gasteiger charge is 2.11. The Labute approximate surface area is 82.3 Å². The Bertz CT molecular complexity index is 263. The van der Waals surface area contributed by atoms with E-state index in [0.29, 0.717) is 5.57 Å². The molecule has 0 heterocycles. The van der Waals surface area contributed by atoms with Gasteiger partial charge in [0.15, 0.2) is 0 Å². The molecule has 0 aliphatic carbocycles. The Balaban J connectivity index is 0. The van der Waals surface area contributed by atoms with Gasteiger partial charge >= 0.3 is 7.82 Å². The first kappa shape index (κ1) is 15.4. The molecule has 0 unspecified atom stereocenters. The largest absolute Gasteiger partial charge is 0.524 e. The molecule has 14 heavy (non-hydrogen) atoms. The average molecular weight is 223 g/mol. The van der Waals surface area contributed by atoms with Crippen LogP contribution in [0.4, 0.5) is 0 Å². The normalized spacial score (nSPS) is 9.14. The van der Waals surface area contributed by atoms with Gasteiger partial charge in [-0.2, -0.15) is 0 Å². The van der Waals surface area contributed by atoms with Crippen LogP contribution in [0.2, 0.25) is 0 Å². The van der Waals surface area contributed by atoms with Crippen LogP contribution in [-0.2, 0) is 13.9 Å². The van der Waals surface area contributed by atoms with Crippen molar-refractivity contribution in [2.24, 2.45) is 5.73 Å². The lowest BCUT2D eigenvalue weighted by atomic mass is 10.4. The predicted molar refractivity (Wildman–Crippen MR) is 52.0 cm³/mol. The van der Waals surface area contributed by atoms with Crippen molar-refractivity contribution in [3.8, 4) is 0 Å². The number of hydrogen-bond donors (Lipinski definition) is 3. The van der Waals surface area contributed by atoms with E-state index in [-0.39, 0.29) is 0 Å². The Morgan fingerprint density at radius 2 is 1.86 bits per heavy atom. The SMILES string of the molecule is C=CC(N)=O.CC(C)=COP(=O)(O)O. The van der Waals surface area contributed by atoms with Crippen molar-refractivity contribution in [2.45, 2.75) is 13.8 Å². The number of carbonyl (C=O) groups is 1. The van der Waals surface area contributed by atoms with Crippen molar-refractivity contribution < 1.29 is 23.7 Å². The fourth-order valence-corrected chi connectivity index (χ4v) is 0.522. The molecule has 0 fully saturated rings. The maximum absolute atomic E-state index is 9.96. The number of amides is 1. The third-order valence-electron chi connectivity index (χ3n) is 0.627. The molecule has 0 aliphatic heterocycles. The van der Waals surface area contributed by atoms with E-state index in [1.54, 1.807) is 13.8 Å². The zero-order chi connectivity index (χ0) is 11.8. The topological polar surface area (TPSA) is 110 Å². The average Bonchev–Trinajstić information content (AvgIpc) is 2.01. The van der Waals surface area contributed by atoms with Gasteiger partial charge < -0.3 is 10.3 Å². The molecule has 0 aromatic heterocycles. The molecule has 0 bridgehead atoms. The number of rotatable bonds is 3. The Morgan fingerprint density at radius 3 is 1.93 bits per heavy atom. The summed E-state index contributed by atoms with van der Waals surface area (Å²) >= 11 is 0. The van der Waals surface area contributed by atoms with E-state index in [1.807, 2.05) is 0 Å². The molecule has 6 nitrogen and oxygen atoms in total. The molecular formula is C7H14NO5P. The standard InChI is InChI=1S/C4H9O4P.C3H5NO/c1-4(2)3-8-9(5,6)7;1-2-3(4)5/h3H,1-2H3,(H2,5,6,7);2H,1H2,(H2,4,5). The van der Waals surface area contributed by atoms with Gasteiger partial charge in [-0.25, -0.2) is 4.57 Å². The van der Waals surface area contributed by atoms with E-state index < -0.39 is 13.7 Å². The van der Waals surface area contributed by atoms with Gasteiger partial charge in [0.2, 0.25) is 5.91 Å². The van der Waals surface area contributed by atoms with E-state index in [2.05, 4.69) is 16.8 Å². The second-order valence-electron chi connectivity index (χ2n) is 2.40. The van der Waals surface area contributed by atoms with Gasteiger partial charge in [-0.3, -0.25) is 14.6 Å². The number of allylic oxidation sites excluding steroid dienone is 1. The van der Waals surface area contributed by atoms with Gasteiger partial charge in [0, 0.05) is 0 Å². The molecule has 0 aromatic carbocycles. The Kier molecular flexibility index (Phi) is 8.04. The van der Waals surface area contributed by atoms with E-state index in [1.165, 1.54) is 0 Å². The van der Waals surface area contributed by atoms with Crippen molar-refractivity contribution in [2.75, 3.05) is 0 Å². The highest BCUT2D eigenvalue weighted by molar-refractivity contribution is 7.46. The lowest BCUT2D eigenvalue weighted by molar-refractivity contribution is -0.113. The number of carbonyl (C=O) groups excluding carboxylic acids is 1. The van der Waals surface area contributed by atoms with Crippen LogP contribution in [0.1, 0.15) is 13.8 Å². The number of phosphoric acid groups is 1. The van der Waals surface area contributed by atoms with Crippen LogP contribution < -0.4 is 5.73 Å². The van der Waals surface area contributed by atoms with Crippen LogP contribution in [0.3, 0.4) is 0 Å². The summed E-state index contributed by atoms with van der Waals surface area (Å²) in [5.41, 5.74) is 5.24. The first-order valence-corrected chi connectivity index (χ1v) is 5.01. The minimum atomic E-state index is -4.30. The molecule has 0 rings (SSSR count). The summed E-state index contributed by atoms with van der Waals surface area (Å²) in [7, 11) is -4.30. The highest BCUT2D eigenvalue weighted by Crippen LogP contribution is 2.36. The molecule has 0 radical (unpaired) electrons.